The van der Waals surface area contributed by atoms with E-state index in [1.165, 1.54) is 10.4 Å². The fourth-order valence-corrected chi connectivity index (χ4v) is 3.81. The summed E-state index contributed by atoms with van der Waals surface area (Å²) < 4.78 is 1.08. The second kappa shape index (κ2) is 5.93. The zero-order valence-electron chi connectivity index (χ0n) is 12.1. The molecule has 1 amide bonds. The average molecular weight is 364 g/mol. The largest absolute Gasteiger partial charge is 0.338 e. The van der Waals surface area contributed by atoms with Gasteiger partial charge in [-0.05, 0) is 48.4 Å². The number of hydrogen-bond donors (Lipinski definition) is 0. The Labute approximate surface area is 137 Å². The van der Waals surface area contributed by atoms with Crippen LogP contribution in [-0.2, 0) is 4.79 Å². The molecule has 0 bridgehead atoms. The number of carbonyl (C=O) groups is 1. The maximum Gasteiger partial charge on any atom is 0.226 e. The summed E-state index contributed by atoms with van der Waals surface area (Å²) >= 11 is 5.16. The molecule has 1 fully saturated rings. The number of benzene rings is 1. The lowest BCUT2D eigenvalue weighted by Gasteiger charge is -2.24. The summed E-state index contributed by atoms with van der Waals surface area (Å²) in [5.41, 5.74) is 1.27. The van der Waals surface area contributed by atoms with Gasteiger partial charge in [-0.25, -0.2) is 0 Å². The van der Waals surface area contributed by atoms with Crippen LogP contribution in [0.25, 0.3) is 0 Å². The number of rotatable bonds is 4. The van der Waals surface area contributed by atoms with Crippen LogP contribution in [0.1, 0.15) is 35.7 Å². The minimum Gasteiger partial charge on any atom is -0.338 e. The second-order valence-electron chi connectivity index (χ2n) is 5.64. The van der Waals surface area contributed by atoms with E-state index in [4.69, 9.17) is 0 Å². The molecule has 2 nitrogen and oxygen atoms in total. The minimum absolute atomic E-state index is 0.151. The Bertz CT molecular complexity index is 623. The number of carbonyl (C=O) groups excluding carboxylic acids is 1. The lowest BCUT2D eigenvalue weighted by molar-refractivity contribution is -0.133. The monoisotopic (exact) mass is 363 g/mol. The van der Waals surface area contributed by atoms with Crippen LogP contribution in [0.15, 0.2) is 46.3 Å². The number of thiophene rings is 1. The van der Waals surface area contributed by atoms with E-state index in [0.29, 0.717) is 5.92 Å². The van der Waals surface area contributed by atoms with E-state index in [-0.39, 0.29) is 17.9 Å². The molecule has 1 heterocycles. The van der Waals surface area contributed by atoms with E-state index in [2.05, 4.69) is 46.4 Å². The molecule has 3 atom stereocenters. The third kappa shape index (κ3) is 3.06. The van der Waals surface area contributed by atoms with Crippen molar-refractivity contribution in [3.8, 4) is 0 Å². The first-order valence-corrected chi connectivity index (χ1v) is 8.80. The molecule has 0 N–H and O–H groups in total. The summed E-state index contributed by atoms with van der Waals surface area (Å²) in [6, 6.07) is 12.6. The average Bonchev–Trinajstić information content (AvgIpc) is 3.10. The predicted molar refractivity (Wildman–Crippen MR) is 90.5 cm³/mol. The second-order valence-corrected chi connectivity index (χ2v) is 7.54. The zero-order chi connectivity index (χ0) is 15.0. The van der Waals surface area contributed by atoms with E-state index in [1.54, 1.807) is 11.3 Å². The maximum absolute atomic E-state index is 12.6. The smallest absolute Gasteiger partial charge is 0.226 e. The lowest BCUT2D eigenvalue weighted by Crippen LogP contribution is -2.30. The van der Waals surface area contributed by atoms with E-state index in [1.807, 2.05) is 30.1 Å². The van der Waals surface area contributed by atoms with Crippen molar-refractivity contribution in [3.63, 3.8) is 0 Å². The van der Waals surface area contributed by atoms with Gasteiger partial charge in [-0.2, -0.15) is 0 Å². The minimum atomic E-state index is 0.151. The molecule has 3 rings (SSSR count). The van der Waals surface area contributed by atoms with Gasteiger partial charge in [-0.3, -0.25) is 4.79 Å². The standard InChI is InChI=1S/C17H18BrNOS/c1-11(16-4-3-9-21-16)19(2)17(20)15-10-14(15)12-5-7-13(18)8-6-12/h3-9,11,14-15H,10H2,1-2H3. The number of amides is 1. The molecule has 1 saturated carbocycles. The lowest BCUT2D eigenvalue weighted by atomic mass is 10.1. The molecule has 1 aliphatic rings. The molecular formula is C17H18BrNOS. The molecule has 3 unspecified atom stereocenters. The number of nitrogens with zero attached hydrogens (tertiary/aromatic N) is 1. The van der Waals surface area contributed by atoms with Gasteiger partial charge in [0, 0.05) is 22.3 Å². The van der Waals surface area contributed by atoms with Crippen LogP contribution in [-0.4, -0.2) is 17.9 Å². The van der Waals surface area contributed by atoms with E-state index in [9.17, 15) is 4.79 Å². The predicted octanol–water partition coefficient (Wildman–Crippen LogP) is 4.83. The van der Waals surface area contributed by atoms with Crippen molar-refractivity contribution < 1.29 is 4.79 Å². The van der Waals surface area contributed by atoms with Crippen molar-refractivity contribution in [1.82, 2.24) is 4.90 Å². The fraction of sp³-hybridized carbons (Fsp3) is 0.353. The molecular weight excluding hydrogens is 346 g/mol. The first-order valence-electron chi connectivity index (χ1n) is 7.13. The molecule has 1 aliphatic carbocycles. The zero-order valence-corrected chi connectivity index (χ0v) is 14.5. The summed E-state index contributed by atoms with van der Waals surface area (Å²) in [5.74, 6) is 0.811. The van der Waals surface area contributed by atoms with Crippen molar-refractivity contribution in [2.24, 2.45) is 5.92 Å². The van der Waals surface area contributed by atoms with Gasteiger partial charge >= 0.3 is 0 Å². The molecule has 2 aromatic rings. The molecule has 21 heavy (non-hydrogen) atoms. The summed E-state index contributed by atoms with van der Waals surface area (Å²) in [6.45, 7) is 2.10. The fourth-order valence-electron chi connectivity index (χ4n) is 2.72. The van der Waals surface area contributed by atoms with Crippen LogP contribution in [0, 0.1) is 5.92 Å². The van der Waals surface area contributed by atoms with Crippen molar-refractivity contribution in [2.45, 2.75) is 25.3 Å². The van der Waals surface area contributed by atoms with Gasteiger partial charge in [0.1, 0.15) is 0 Å². The SMILES string of the molecule is CC(c1cccs1)N(C)C(=O)C1CC1c1ccc(Br)cc1. The van der Waals surface area contributed by atoms with Crippen LogP contribution in [0.2, 0.25) is 0 Å². The van der Waals surface area contributed by atoms with Gasteiger partial charge < -0.3 is 4.90 Å². The molecule has 0 spiro atoms. The Kier molecular flexibility index (Phi) is 4.18. The summed E-state index contributed by atoms with van der Waals surface area (Å²) in [5, 5.41) is 2.06. The van der Waals surface area contributed by atoms with E-state index in [0.717, 1.165) is 10.9 Å². The van der Waals surface area contributed by atoms with Gasteiger partial charge in [-0.15, -0.1) is 11.3 Å². The third-order valence-corrected chi connectivity index (χ3v) is 5.86. The van der Waals surface area contributed by atoms with Crippen LogP contribution in [0.3, 0.4) is 0 Å². The Morgan fingerprint density at radius 1 is 1.33 bits per heavy atom. The normalized spacial score (nSPS) is 21.9. The molecule has 1 aromatic heterocycles. The van der Waals surface area contributed by atoms with Crippen LogP contribution < -0.4 is 0 Å². The highest BCUT2D eigenvalue weighted by atomic mass is 79.9. The Balaban J connectivity index is 1.66. The van der Waals surface area contributed by atoms with Crippen LogP contribution >= 0.6 is 27.3 Å². The van der Waals surface area contributed by atoms with Gasteiger partial charge in [0.05, 0.1) is 6.04 Å². The quantitative estimate of drug-likeness (QED) is 0.761. The van der Waals surface area contributed by atoms with Gasteiger partial charge in [0.25, 0.3) is 0 Å². The van der Waals surface area contributed by atoms with Gasteiger partial charge in [0.15, 0.2) is 0 Å². The Morgan fingerprint density at radius 3 is 2.67 bits per heavy atom. The molecule has 4 heteroatoms. The maximum atomic E-state index is 12.6. The molecule has 0 aliphatic heterocycles. The Morgan fingerprint density at radius 2 is 2.05 bits per heavy atom. The molecule has 0 radical (unpaired) electrons. The summed E-state index contributed by atoms with van der Waals surface area (Å²) in [6.07, 6.45) is 0.974. The first kappa shape index (κ1) is 14.8. The van der Waals surface area contributed by atoms with Crippen molar-refractivity contribution in [2.75, 3.05) is 7.05 Å². The van der Waals surface area contributed by atoms with Crippen molar-refractivity contribution in [1.29, 1.82) is 0 Å². The molecule has 1 aromatic carbocycles. The van der Waals surface area contributed by atoms with Crippen molar-refractivity contribution >= 4 is 33.2 Å². The van der Waals surface area contributed by atoms with Gasteiger partial charge in [0.2, 0.25) is 5.91 Å². The molecule has 110 valence electrons. The third-order valence-electron chi connectivity index (χ3n) is 4.29. The van der Waals surface area contributed by atoms with Crippen LogP contribution in [0.5, 0.6) is 0 Å². The highest BCUT2D eigenvalue weighted by Crippen LogP contribution is 2.49. The Hall–Kier alpha value is -1.13. The van der Waals surface area contributed by atoms with E-state index >= 15 is 0 Å². The van der Waals surface area contributed by atoms with Crippen molar-refractivity contribution in [3.05, 3.63) is 56.7 Å². The van der Waals surface area contributed by atoms with Crippen LogP contribution in [0.4, 0.5) is 0 Å². The first-order chi connectivity index (χ1) is 10.1. The molecule has 0 saturated heterocycles. The highest BCUT2D eigenvalue weighted by molar-refractivity contribution is 9.10. The highest BCUT2D eigenvalue weighted by Gasteiger charge is 2.45. The topological polar surface area (TPSA) is 20.3 Å². The number of hydrogen-bond acceptors (Lipinski definition) is 2. The van der Waals surface area contributed by atoms with E-state index < -0.39 is 0 Å². The summed E-state index contributed by atoms with van der Waals surface area (Å²) in [4.78, 5) is 15.8. The van der Waals surface area contributed by atoms with Gasteiger partial charge in [-0.1, -0.05) is 34.1 Å². The number of halogens is 1. The summed E-state index contributed by atoms with van der Waals surface area (Å²) in [7, 11) is 1.92.